The lowest BCUT2D eigenvalue weighted by Crippen LogP contribution is -2.38. The molecule has 3 aromatic rings. The van der Waals surface area contributed by atoms with Gasteiger partial charge in [-0.1, -0.05) is 45.7 Å². The molecule has 192 valence electrons. The third-order valence-corrected chi connectivity index (χ3v) is 9.03. The van der Waals surface area contributed by atoms with Crippen LogP contribution in [-0.4, -0.2) is 5.78 Å². The molecule has 1 atom stereocenters. The molecule has 1 aliphatic heterocycles. The van der Waals surface area contributed by atoms with Gasteiger partial charge in [0, 0.05) is 43.5 Å². The van der Waals surface area contributed by atoms with Crippen LogP contribution >= 0.6 is 39.3 Å². The Balaban J connectivity index is 1.62. The van der Waals surface area contributed by atoms with Gasteiger partial charge in [-0.05, 0) is 91.4 Å². The Morgan fingerprint density at radius 2 is 1.87 bits per heavy atom. The van der Waals surface area contributed by atoms with E-state index in [1.165, 1.54) is 11.1 Å². The van der Waals surface area contributed by atoms with E-state index in [2.05, 4.69) is 48.0 Å². The number of rotatable bonds is 5. The zero-order chi connectivity index (χ0) is 27.0. The molecular weight excluding hydrogens is 578 g/mol. The topological polar surface area (TPSA) is 70.1 Å². The largest absolute Gasteiger partial charge is 0.384 e. The number of thioether (sulfide) groups is 1. The summed E-state index contributed by atoms with van der Waals surface area (Å²) in [6.45, 7) is 4.16. The van der Waals surface area contributed by atoms with Gasteiger partial charge >= 0.3 is 0 Å². The molecule has 2 aliphatic rings. The zero-order valence-corrected chi connectivity index (χ0v) is 24.4. The van der Waals surface area contributed by atoms with Crippen LogP contribution < -0.4 is 10.6 Å². The van der Waals surface area contributed by atoms with Crippen LogP contribution in [0.1, 0.15) is 47.4 Å². The molecule has 0 saturated heterocycles. The normalized spacial score (nSPS) is 17.5. The number of aryl methyl sites for hydroxylation is 2. The van der Waals surface area contributed by atoms with Gasteiger partial charge < -0.3 is 5.73 Å². The van der Waals surface area contributed by atoms with Crippen LogP contribution in [0.5, 0.6) is 0 Å². The molecule has 5 rings (SSSR count). The molecule has 1 unspecified atom stereocenters. The molecular formula is C31H27BrClN3OS. The molecule has 0 aromatic heterocycles. The lowest BCUT2D eigenvalue weighted by molar-refractivity contribution is -0.116. The number of hydrogen-bond acceptors (Lipinski definition) is 5. The Bertz CT molecular complexity index is 1540. The first-order valence-electron chi connectivity index (χ1n) is 12.5. The minimum atomic E-state index is -0.480. The molecule has 1 aliphatic carbocycles. The minimum Gasteiger partial charge on any atom is -0.384 e. The molecule has 2 N–H and O–H groups in total. The van der Waals surface area contributed by atoms with E-state index in [4.69, 9.17) is 17.3 Å². The van der Waals surface area contributed by atoms with Gasteiger partial charge in [0.15, 0.2) is 5.78 Å². The van der Waals surface area contributed by atoms with E-state index in [0.29, 0.717) is 28.4 Å². The Labute approximate surface area is 241 Å². The summed E-state index contributed by atoms with van der Waals surface area (Å²) >= 11 is 11.3. The van der Waals surface area contributed by atoms with E-state index in [1.807, 2.05) is 53.4 Å². The number of nitrogens with two attached hydrogens (primary N) is 1. The van der Waals surface area contributed by atoms with Gasteiger partial charge in [-0.25, -0.2) is 0 Å². The molecule has 38 heavy (non-hydrogen) atoms. The molecule has 3 aromatic carbocycles. The lowest BCUT2D eigenvalue weighted by Gasteiger charge is -2.40. The van der Waals surface area contributed by atoms with Gasteiger partial charge in [0.25, 0.3) is 0 Å². The Hall–Kier alpha value is -2.98. The van der Waals surface area contributed by atoms with Gasteiger partial charge in [0.1, 0.15) is 5.82 Å². The van der Waals surface area contributed by atoms with E-state index >= 15 is 0 Å². The van der Waals surface area contributed by atoms with Crippen molar-refractivity contribution in [3.63, 3.8) is 0 Å². The van der Waals surface area contributed by atoms with Gasteiger partial charge in [-0.3, -0.25) is 9.69 Å². The van der Waals surface area contributed by atoms with Crippen LogP contribution in [0, 0.1) is 25.2 Å². The molecule has 0 spiro atoms. The highest BCUT2D eigenvalue weighted by atomic mass is 79.9. The average Bonchev–Trinajstić information content (AvgIpc) is 2.89. The van der Waals surface area contributed by atoms with E-state index in [-0.39, 0.29) is 5.78 Å². The van der Waals surface area contributed by atoms with Gasteiger partial charge in [0.2, 0.25) is 0 Å². The SMILES string of the molecule is Cc1cc(C)c(C2C(C#N)=C(N)N(c3cccc(Br)c3)C3=C2C(=O)CCC3)cc1CSc1ccc(Cl)cc1. The molecule has 4 nitrogen and oxygen atoms in total. The number of hydrogen-bond donors (Lipinski definition) is 1. The summed E-state index contributed by atoms with van der Waals surface area (Å²) in [5.41, 5.74) is 14.0. The van der Waals surface area contributed by atoms with Gasteiger partial charge in [0.05, 0.1) is 17.6 Å². The van der Waals surface area contributed by atoms with E-state index in [0.717, 1.165) is 50.5 Å². The number of benzene rings is 3. The monoisotopic (exact) mass is 603 g/mol. The first-order valence-corrected chi connectivity index (χ1v) is 14.6. The molecule has 0 fully saturated rings. The van der Waals surface area contributed by atoms with Crippen molar-refractivity contribution < 1.29 is 4.79 Å². The zero-order valence-electron chi connectivity index (χ0n) is 21.2. The first-order chi connectivity index (χ1) is 18.3. The van der Waals surface area contributed by atoms with Crippen molar-refractivity contribution in [2.24, 2.45) is 5.73 Å². The predicted molar refractivity (Wildman–Crippen MR) is 159 cm³/mol. The third-order valence-electron chi connectivity index (χ3n) is 7.22. The Morgan fingerprint density at radius 1 is 1.11 bits per heavy atom. The Morgan fingerprint density at radius 3 is 2.58 bits per heavy atom. The maximum Gasteiger partial charge on any atom is 0.161 e. The summed E-state index contributed by atoms with van der Waals surface area (Å²) in [7, 11) is 0. The van der Waals surface area contributed by atoms with Crippen molar-refractivity contribution in [2.75, 3.05) is 4.90 Å². The summed E-state index contributed by atoms with van der Waals surface area (Å²) in [6, 6.07) is 22.4. The molecule has 0 saturated carbocycles. The predicted octanol–water partition coefficient (Wildman–Crippen LogP) is 8.32. The van der Waals surface area contributed by atoms with E-state index in [9.17, 15) is 10.1 Å². The number of allylic oxidation sites excluding steroid dienone is 3. The van der Waals surface area contributed by atoms with Crippen LogP contribution in [0.4, 0.5) is 5.69 Å². The number of ketones is 1. The van der Waals surface area contributed by atoms with Crippen molar-refractivity contribution in [3.05, 3.63) is 115 Å². The quantitative estimate of drug-likeness (QED) is 0.297. The number of Topliss-reactive ketones (excluding diaryl/α,β-unsaturated/α-hetero) is 1. The smallest absolute Gasteiger partial charge is 0.161 e. The maximum absolute atomic E-state index is 13.5. The molecule has 7 heteroatoms. The van der Waals surface area contributed by atoms with Crippen molar-refractivity contribution in [2.45, 2.75) is 49.7 Å². The number of anilines is 1. The fourth-order valence-electron chi connectivity index (χ4n) is 5.38. The first kappa shape index (κ1) is 26.6. The van der Waals surface area contributed by atoms with Crippen LogP contribution in [0.15, 0.2) is 92.7 Å². The highest BCUT2D eigenvalue weighted by Gasteiger charge is 2.41. The number of nitriles is 1. The van der Waals surface area contributed by atoms with Crippen molar-refractivity contribution >= 4 is 50.8 Å². The van der Waals surface area contributed by atoms with E-state index in [1.54, 1.807) is 11.8 Å². The minimum absolute atomic E-state index is 0.0913. The van der Waals surface area contributed by atoms with Crippen molar-refractivity contribution in [1.29, 1.82) is 5.26 Å². The summed E-state index contributed by atoms with van der Waals surface area (Å²) in [6.07, 6.45) is 1.97. The molecule has 0 bridgehead atoms. The highest BCUT2D eigenvalue weighted by Crippen LogP contribution is 2.47. The van der Waals surface area contributed by atoms with Crippen molar-refractivity contribution in [3.8, 4) is 6.07 Å². The highest BCUT2D eigenvalue weighted by molar-refractivity contribution is 9.10. The van der Waals surface area contributed by atoms with Crippen LogP contribution in [-0.2, 0) is 10.5 Å². The number of carbonyl (C=O) groups excluding carboxylic acids is 1. The lowest BCUT2D eigenvalue weighted by atomic mass is 9.74. The average molecular weight is 605 g/mol. The second-order valence-corrected chi connectivity index (χ2v) is 12.1. The number of halogens is 2. The summed E-state index contributed by atoms with van der Waals surface area (Å²) in [4.78, 5) is 16.6. The fraction of sp³-hybridized carbons (Fsp3) is 0.226. The maximum atomic E-state index is 13.5. The van der Waals surface area contributed by atoms with E-state index < -0.39 is 5.92 Å². The Kier molecular flexibility index (Phi) is 7.72. The molecule has 0 amide bonds. The third kappa shape index (κ3) is 5.03. The van der Waals surface area contributed by atoms with Crippen LogP contribution in [0.3, 0.4) is 0 Å². The molecule has 0 radical (unpaired) electrons. The van der Waals surface area contributed by atoms with Crippen LogP contribution in [0.25, 0.3) is 0 Å². The van der Waals surface area contributed by atoms with Crippen molar-refractivity contribution in [1.82, 2.24) is 0 Å². The summed E-state index contributed by atoms with van der Waals surface area (Å²) in [5, 5.41) is 11.1. The fourth-order valence-corrected chi connectivity index (χ4v) is 6.86. The number of nitrogens with zero attached hydrogens (tertiary/aromatic N) is 2. The standard InChI is InChI=1S/C31H27BrClN3OS/c1-18-13-19(2)25(14-20(18)17-38-24-11-9-22(33)10-12-24)29-26(16-34)31(35)36(23-6-3-5-21(32)15-23)27-7-4-8-28(37)30(27)29/h3,5-6,9-15,29H,4,7-8,17,35H2,1-2H3. The second kappa shape index (κ2) is 11.0. The van der Waals surface area contributed by atoms with Gasteiger partial charge in [-0.15, -0.1) is 11.8 Å². The second-order valence-electron chi connectivity index (χ2n) is 9.67. The molecule has 1 heterocycles. The summed E-state index contributed by atoms with van der Waals surface area (Å²) in [5.74, 6) is 0.763. The summed E-state index contributed by atoms with van der Waals surface area (Å²) < 4.78 is 0.907. The van der Waals surface area contributed by atoms with Crippen LogP contribution in [0.2, 0.25) is 5.02 Å². The number of carbonyl (C=O) groups is 1. The van der Waals surface area contributed by atoms with Gasteiger partial charge in [-0.2, -0.15) is 5.26 Å².